The van der Waals surface area contributed by atoms with Gasteiger partial charge in [-0.05, 0) is 18.0 Å². The number of rotatable bonds is 7. The minimum atomic E-state index is -1.57. The Bertz CT molecular complexity index is 196. The number of hydrogen-bond donors (Lipinski definition) is 0. The fraction of sp³-hybridized carbons (Fsp3) is 1.00. The minimum Gasteiger partial charge on any atom is -0.420 e. The monoisotopic (exact) mass is 274 g/mol. The van der Waals surface area contributed by atoms with Gasteiger partial charge in [0.2, 0.25) is 0 Å². The molecule has 0 bridgehead atoms. The molecule has 104 valence electrons. The second-order valence-electron chi connectivity index (χ2n) is 6.61. The summed E-state index contributed by atoms with van der Waals surface area (Å²) < 4.78 is 6.54. The van der Waals surface area contributed by atoms with Gasteiger partial charge in [-0.2, -0.15) is 0 Å². The van der Waals surface area contributed by atoms with E-state index in [1.807, 2.05) is 0 Å². The Labute approximate surface area is 112 Å². The van der Waals surface area contributed by atoms with E-state index in [-0.39, 0.29) is 0 Å². The Kier molecular flexibility index (Phi) is 7.26. The SMILES string of the molecule is CCO[Si](C(C)C)(C(C)C)[SiH](C(C)C)C(C)C. The molecule has 0 aliphatic heterocycles. The van der Waals surface area contributed by atoms with Crippen molar-refractivity contribution in [3.05, 3.63) is 0 Å². The second-order valence-corrected chi connectivity index (χ2v) is 19.3. The van der Waals surface area contributed by atoms with Crippen LogP contribution < -0.4 is 0 Å². The maximum atomic E-state index is 6.54. The molecular formula is C14H34OSi2. The van der Waals surface area contributed by atoms with E-state index >= 15 is 0 Å². The van der Waals surface area contributed by atoms with Crippen LogP contribution in [0.3, 0.4) is 0 Å². The summed E-state index contributed by atoms with van der Waals surface area (Å²) in [4.78, 5) is 0. The van der Waals surface area contributed by atoms with E-state index in [1.54, 1.807) is 0 Å². The molecule has 0 fully saturated rings. The zero-order valence-electron chi connectivity index (χ0n) is 13.5. The van der Waals surface area contributed by atoms with Crippen LogP contribution in [0.15, 0.2) is 0 Å². The summed E-state index contributed by atoms with van der Waals surface area (Å²) in [6.07, 6.45) is 0. The van der Waals surface area contributed by atoms with Gasteiger partial charge in [0.25, 0.3) is 0 Å². The summed E-state index contributed by atoms with van der Waals surface area (Å²) in [7, 11) is -2.41. The molecular weight excluding hydrogens is 240 g/mol. The number of hydrogen-bond acceptors (Lipinski definition) is 1. The summed E-state index contributed by atoms with van der Waals surface area (Å²) in [5, 5.41) is 0. The van der Waals surface area contributed by atoms with Gasteiger partial charge < -0.3 is 4.43 Å². The highest BCUT2D eigenvalue weighted by molar-refractivity contribution is 7.32. The smallest absolute Gasteiger partial charge is 0.181 e. The topological polar surface area (TPSA) is 9.23 Å². The molecule has 0 aliphatic carbocycles. The van der Waals surface area contributed by atoms with E-state index < -0.39 is 16.1 Å². The predicted octanol–water partition coefficient (Wildman–Crippen LogP) is 4.91. The van der Waals surface area contributed by atoms with Crippen molar-refractivity contribution < 1.29 is 4.43 Å². The molecule has 1 nitrogen and oxygen atoms in total. The highest BCUT2D eigenvalue weighted by atomic mass is 29.2. The second kappa shape index (κ2) is 7.10. The highest BCUT2D eigenvalue weighted by Crippen LogP contribution is 2.42. The Balaban J connectivity index is 5.51. The molecule has 0 spiro atoms. The van der Waals surface area contributed by atoms with Crippen molar-refractivity contribution in [1.82, 2.24) is 0 Å². The van der Waals surface area contributed by atoms with Gasteiger partial charge in [0.15, 0.2) is 7.83 Å². The van der Waals surface area contributed by atoms with Crippen LogP contribution in [-0.4, -0.2) is 22.8 Å². The summed E-state index contributed by atoms with van der Waals surface area (Å²) in [5.41, 5.74) is 3.23. The Hall–Kier alpha value is 0.394. The molecule has 0 saturated carbocycles. The summed E-state index contributed by atoms with van der Waals surface area (Å²) in [6.45, 7) is 22.5. The first kappa shape index (κ1) is 17.4. The molecule has 0 heterocycles. The van der Waals surface area contributed by atoms with Crippen LogP contribution in [0.1, 0.15) is 62.3 Å². The lowest BCUT2D eigenvalue weighted by atomic mass is 10.5. The van der Waals surface area contributed by atoms with Crippen LogP contribution in [0.5, 0.6) is 0 Å². The third-order valence-electron chi connectivity index (χ3n) is 4.16. The molecule has 0 N–H and O–H groups in total. The van der Waals surface area contributed by atoms with Crippen LogP contribution in [0, 0.1) is 0 Å². The average molecular weight is 275 g/mol. The first-order chi connectivity index (χ1) is 7.71. The van der Waals surface area contributed by atoms with Gasteiger partial charge in [-0.15, -0.1) is 0 Å². The van der Waals surface area contributed by atoms with Crippen molar-refractivity contribution in [2.45, 2.75) is 84.5 Å². The van der Waals surface area contributed by atoms with Crippen molar-refractivity contribution in [1.29, 1.82) is 0 Å². The van der Waals surface area contributed by atoms with Gasteiger partial charge in [-0.25, -0.2) is 0 Å². The van der Waals surface area contributed by atoms with E-state index in [1.165, 1.54) is 0 Å². The third kappa shape index (κ3) is 3.68. The molecule has 0 amide bonds. The van der Waals surface area contributed by atoms with Crippen molar-refractivity contribution in [3.63, 3.8) is 0 Å². The molecule has 0 rings (SSSR count). The van der Waals surface area contributed by atoms with Crippen LogP contribution in [0.4, 0.5) is 0 Å². The maximum Gasteiger partial charge on any atom is 0.181 e. The van der Waals surface area contributed by atoms with Crippen LogP contribution >= 0.6 is 0 Å². The highest BCUT2D eigenvalue weighted by Gasteiger charge is 2.51. The molecule has 0 saturated heterocycles. The van der Waals surface area contributed by atoms with Gasteiger partial charge in [0, 0.05) is 6.61 Å². The van der Waals surface area contributed by atoms with E-state index in [2.05, 4.69) is 62.3 Å². The van der Waals surface area contributed by atoms with Gasteiger partial charge in [0.05, 0.1) is 8.31 Å². The molecule has 0 atom stereocenters. The Morgan fingerprint density at radius 1 is 0.824 bits per heavy atom. The van der Waals surface area contributed by atoms with Crippen LogP contribution in [0.25, 0.3) is 0 Å². The van der Waals surface area contributed by atoms with Crippen molar-refractivity contribution in [3.8, 4) is 0 Å². The Morgan fingerprint density at radius 2 is 1.18 bits per heavy atom. The molecule has 0 aliphatic rings. The summed E-state index contributed by atoms with van der Waals surface area (Å²) >= 11 is 0. The van der Waals surface area contributed by atoms with Crippen LogP contribution in [0.2, 0.25) is 22.2 Å². The normalized spacial score (nSPS) is 13.8. The van der Waals surface area contributed by atoms with E-state index in [0.717, 1.165) is 28.8 Å². The maximum absolute atomic E-state index is 6.54. The molecule has 0 aromatic rings. The van der Waals surface area contributed by atoms with Gasteiger partial charge >= 0.3 is 0 Å². The third-order valence-corrected chi connectivity index (χ3v) is 24.1. The zero-order chi connectivity index (χ0) is 13.8. The van der Waals surface area contributed by atoms with Crippen molar-refractivity contribution in [2.75, 3.05) is 6.61 Å². The fourth-order valence-corrected chi connectivity index (χ4v) is 23.7. The van der Waals surface area contributed by atoms with Crippen molar-refractivity contribution >= 4 is 16.1 Å². The van der Waals surface area contributed by atoms with Crippen molar-refractivity contribution in [2.24, 2.45) is 0 Å². The van der Waals surface area contributed by atoms with Crippen LogP contribution in [-0.2, 0) is 4.43 Å². The quantitative estimate of drug-likeness (QED) is 0.599. The molecule has 0 aromatic carbocycles. The average Bonchev–Trinajstić information content (AvgIpc) is 2.14. The molecule has 0 unspecified atom stereocenters. The standard InChI is InChI=1S/C14H34OSi2/c1-10-15-17(13(6)7,14(8)9)16(11(2)3)12(4)5/h11-14,16H,10H2,1-9H3. The fourth-order valence-electron chi connectivity index (χ4n) is 3.93. The first-order valence-corrected chi connectivity index (χ1v) is 12.6. The molecule has 0 aromatic heterocycles. The lowest BCUT2D eigenvalue weighted by molar-refractivity contribution is 0.318. The lowest BCUT2D eigenvalue weighted by Crippen LogP contribution is -2.61. The van der Waals surface area contributed by atoms with Gasteiger partial charge in [-0.1, -0.05) is 66.5 Å². The Morgan fingerprint density at radius 3 is 1.35 bits per heavy atom. The predicted molar refractivity (Wildman–Crippen MR) is 84.9 cm³/mol. The van der Waals surface area contributed by atoms with Gasteiger partial charge in [-0.3, -0.25) is 0 Å². The van der Waals surface area contributed by atoms with E-state index in [4.69, 9.17) is 4.43 Å². The van der Waals surface area contributed by atoms with E-state index in [0.29, 0.717) is 0 Å². The first-order valence-electron chi connectivity index (χ1n) is 7.35. The minimum absolute atomic E-state index is 0.754. The molecule has 0 radical (unpaired) electrons. The van der Waals surface area contributed by atoms with Gasteiger partial charge in [0.1, 0.15) is 0 Å². The summed E-state index contributed by atoms with van der Waals surface area (Å²) in [5.74, 6) is 0. The largest absolute Gasteiger partial charge is 0.420 e. The summed E-state index contributed by atoms with van der Waals surface area (Å²) in [6, 6.07) is 0. The van der Waals surface area contributed by atoms with E-state index in [9.17, 15) is 0 Å². The zero-order valence-corrected chi connectivity index (χ0v) is 15.7. The lowest BCUT2D eigenvalue weighted by Gasteiger charge is -2.47. The molecule has 3 heteroatoms. The molecule has 17 heavy (non-hydrogen) atoms.